The number of piperidine rings is 2. The molecule has 0 radical (unpaired) electrons. The Hall–Kier alpha value is -2.40. The minimum absolute atomic E-state index is 0.0107. The van der Waals surface area contributed by atoms with E-state index in [0.29, 0.717) is 31.8 Å². The molecule has 316 valence electrons. The van der Waals surface area contributed by atoms with Gasteiger partial charge in [0.2, 0.25) is 5.79 Å². The molecule has 56 heavy (non-hydrogen) atoms. The highest BCUT2D eigenvalue weighted by Crippen LogP contribution is 2.78. The van der Waals surface area contributed by atoms with E-state index in [1.165, 1.54) is 20.8 Å². The number of fused-ring (bicyclic) bond motifs is 5. The molecule has 3 saturated heterocycles. The van der Waals surface area contributed by atoms with Gasteiger partial charge in [0, 0.05) is 44.3 Å². The summed E-state index contributed by atoms with van der Waals surface area (Å²) in [6.07, 6.45) is -5.31. The van der Waals surface area contributed by atoms with Crippen molar-refractivity contribution < 1.29 is 68.4 Å². The highest BCUT2D eigenvalue weighted by Gasteiger charge is 2.90. The molecule has 15 heteroatoms. The molecular weight excluding hydrogens is 730 g/mol. The highest BCUT2D eigenvalue weighted by molar-refractivity contribution is 5.79. The number of carbonyl (C=O) groups excluding carboxylic acids is 4. The number of esters is 4. The zero-order valence-electron chi connectivity index (χ0n) is 34.2. The normalized spacial score (nSPS) is 50.5. The SMILES string of the molecule is CC[C@H](C)C(=O)O[C@@H]1[C@H](O)[C@@H]2[C@H](CN3C[C@@H](C)CC[C@@H]3[C@@]2(C)O)[C@@H]2C[C@]34O[C@@]5(O)[C@@H](OC(=O)[C@](C)(O)CC)CC[C@@]3(C)[C@H]5[C@H](OC(C)=O)[C@@H](OC(C)=O)[C@H]4[C@]12O. The summed E-state index contributed by atoms with van der Waals surface area (Å²) >= 11 is 0. The summed E-state index contributed by atoms with van der Waals surface area (Å²) in [5.74, 6) is -10.8. The van der Waals surface area contributed by atoms with Crippen molar-refractivity contribution in [3.05, 3.63) is 0 Å². The van der Waals surface area contributed by atoms with Gasteiger partial charge < -0.3 is 49.2 Å². The molecule has 0 amide bonds. The molecule has 4 aliphatic carbocycles. The second kappa shape index (κ2) is 13.6. The van der Waals surface area contributed by atoms with Gasteiger partial charge in [-0.3, -0.25) is 19.3 Å². The number of rotatable bonds is 8. The molecule has 7 rings (SSSR count). The maximum Gasteiger partial charge on any atom is 0.338 e. The molecule has 5 N–H and O–H groups in total. The summed E-state index contributed by atoms with van der Waals surface area (Å²) in [4.78, 5) is 55.6. The summed E-state index contributed by atoms with van der Waals surface area (Å²) in [5, 5.41) is 62.9. The molecule has 0 unspecified atom stereocenters. The van der Waals surface area contributed by atoms with Crippen LogP contribution in [0.1, 0.15) is 107 Å². The summed E-state index contributed by atoms with van der Waals surface area (Å²) < 4.78 is 31.3. The Balaban J connectivity index is 1.45. The maximum absolute atomic E-state index is 13.9. The van der Waals surface area contributed by atoms with E-state index in [-0.39, 0.29) is 31.7 Å². The van der Waals surface area contributed by atoms with Crippen LogP contribution in [0.3, 0.4) is 0 Å². The predicted octanol–water partition coefficient (Wildman–Crippen LogP) is 1.61. The van der Waals surface area contributed by atoms with Gasteiger partial charge in [0.25, 0.3) is 0 Å². The minimum Gasteiger partial charge on any atom is -0.458 e. The fraction of sp³-hybridized carbons (Fsp3) is 0.902. The molecule has 7 aliphatic rings. The number of hydrogen-bond donors (Lipinski definition) is 5. The monoisotopic (exact) mass is 793 g/mol. The summed E-state index contributed by atoms with van der Waals surface area (Å²) in [6, 6.07) is -0.309. The first-order valence-electron chi connectivity index (χ1n) is 20.7. The van der Waals surface area contributed by atoms with Crippen LogP contribution in [0.25, 0.3) is 0 Å². The van der Waals surface area contributed by atoms with Crippen LogP contribution in [0.4, 0.5) is 0 Å². The van der Waals surface area contributed by atoms with Crippen LogP contribution in [-0.4, -0.2) is 132 Å². The fourth-order valence-electron chi connectivity index (χ4n) is 13.1. The van der Waals surface area contributed by atoms with Gasteiger partial charge in [0.15, 0.2) is 17.8 Å². The van der Waals surface area contributed by atoms with Crippen molar-refractivity contribution in [2.24, 2.45) is 46.8 Å². The Morgan fingerprint density at radius 3 is 2.14 bits per heavy atom. The summed E-state index contributed by atoms with van der Waals surface area (Å²) in [5.41, 5.74) is -8.37. The number of carbonyl (C=O) groups is 4. The number of aliphatic hydroxyl groups excluding tert-OH is 1. The third-order valence-corrected chi connectivity index (χ3v) is 16.0. The Morgan fingerprint density at radius 1 is 0.929 bits per heavy atom. The van der Waals surface area contributed by atoms with Crippen LogP contribution in [0.2, 0.25) is 0 Å². The zero-order valence-corrected chi connectivity index (χ0v) is 34.2. The number of nitrogens with zero attached hydrogens (tertiary/aromatic N) is 1. The van der Waals surface area contributed by atoms with Gasteiger partial charge in [0.1, 0.15) is 17.8 Å². The van der Waals surface area contributed by atoms with Gasteiger partial charge in [-0.2, -0.15) is 0 Å². The molecule has 0 aromatic carbocycles. The van der Waals surface area contributed by atoms with Gasteiger partial charge >= 0.3 is 23.9 Å². The van der Waals surface area contributed by atoms with Crippen molar-refractivity contribution in [2.75, 3.05) is 13.1 Å². The van der Waals surface area contributed by atoms with Crippen LogP contribution in [0.5, 0.6) is 0 Å². The average Bonchev–Trinajstić information content (AvgIpc) is 3.40. The third kappa shape index (κ3) is 5.60. The number of hydrogen-bond acceptors (Lipinski definition) is 15. The molecule has 19 atom stereocenters. The Labute approximate surface area is 328 Å². The predicted molar refractivity (Wildman–Crippen MR) is 195 cm³/mol. The lowest BCUT2D eigenvalue weighted by atomic mass is 9.48. The van der Waals surface area contributed by atoms with Crippen molar-refractivity contribution >= 4 is 23.9 Å². The molecule has 4 saturated carbocycles. The molecular formula is C41H63NO14. The van der Waals surface area contributed by atoms with E-state index >= 15 is 0 Å². The molecule has 15 nitrogen and oxygen atoms in total. The smallest absolute Gasteiger partial charge is 0.338 e. The van der Waals surface area contributed by atoms with Crippen LogP contribution in [0.15, 0.2) is 0 Å². The van der Waals surface area contributed by atoms with Gasteiger partial charge in [-0.25, -0.2) is 4.79 Å². The van der Waals surface area contributed by atoms with E-state index in [0.717, 1.165) is 6.42 Å². The lowest BCUT2D eigenvalue weighted by molar-refractivity contribution is -0.301. The van der Waals surface area contributed by atoms with E-state index < -0.39 is 124 Å². The van der Waals surface area contributed by atoms with Crippen LogP contribution >= 0.6 is 0 Å². The zero-order chi connectivity index (χ0) is 41.3. The second-order valence-corrected chi connectivity index (χ2v) is 19.2. The Bertz CT molecular complexity index is 1620. The Kier molecular flexibility index (Phi) is 10.1. The first-order valence-corrected chi connectivity index (χ1v) is 20.7. The topological polar surface area (TPSA) is 219 Å². The Morgan fingerprint density at radius 2 is 1.55 bits per heavy atom. The van der Waals surface area contributed by atoms with E-state index in [1.54, 1.807) is 20.8 Å². The first kappa shape index (κ1) is 41.7. The van der Waals surface area contributed by atoms with Gasteiger partial charge in [-0.05, 0) is 76.5 Å². The van der Waals surface area contributed by atoms with Crippen molar-refractivity contribution in [1.29, 1.82) is 0 Å². The number of aliphatic hydroxyl groups is 5. The lowest BCUT2D eigenvalue weighted by Gasteiger charge is -2.64. The second-order valence-electron chi connectivity index (χ2n) is 19.2. The molecule has 3 heterocycles. The fourth-order valence-corrected chi connectivity index (χ4v) is 13.1. The van der Waals surface area contributed by atoms with Crippen LogP contribution in [-0.2, 0) is 42.9 Å². The van der Waals surface area contributed by atoms with E-state index in [9.17, 15) is 44.7 Å². The molecule has 0 aromatic heterocycles. The van der Waals surface area contributed by atoms with E-state index in [4.69, 9.17) is 23.7 Å². The maximum atomic E-state index is 13.9. The quantitative estimate of drug-likeness (QED) is 0.174. The van der Waals surface area contributed by atoms with Gasteiger partial charge in [-0.15, -0.1) is 0 Å². The van der Waals surface area contributed by atoms with Crippen molar-refractivity contribution in [1.82, 2.24) is 4.90 Å². The molecule has 7 fully saturated rings. The summed E-state index contributed by atoms with van der Waals surface area (Å²) in [7, 11) is 0. The minimum atomic E-state index is -2.38. The van der Waals surface area contributed by atoms with E-state index in [2.05, 4.69) is 11.8 Å². The highest BCUT2D eigenvalue weighted by atomic mass is 16.7. The average molecular weight is 794 g/mol. The molecule has 4 bridgehead atoms. The third-order valence-electron chi connectivity index (χ3n) is 16.0. The van der Waals surface area contributed by atoms with Crippen molar-refractivity contribution in [2.45, 2.75) is 172 Å². The number of ether oxygens (including phenoxy) is 5. The molecule has 3 aliphatic heterocycles. The first-order chi connectivity index (χ1) is 26.0. The van der Waals surface area contributed by atoms with Crippen molar-refractivity contribution in [3.63, 3.8) is 0 Å². The van der Waals surface area contributed by atoms with E-state index in [1.807, 2.05) is 13.8 Å². The van der Waals surface area contributed by atoms with Crippen LogP contribution in [0, 0.1) is 46.8 Å². The summed E-state index contributed by atoms with van der Waals surface area (Å²) in [6.45, 7) is 15.5. The molecule has 1 spiro atoms. The molecule has 0 aromatic rings. The van der Waals surface area contributed by atoms with Gasteiger partial charge in [0.05, 0.1) is 35.1 Å². The standard InChI is InChI=1S/C41H63NO14/c1-10-20(4)34(46)55-33-28(45)27-23(18-42-17-19(3)12-13-25(42)38(27,9)49)24-16-39-32(40(24,33)50)30(53-22(6)44)29(52-21(5)43)31-36(39,7)15-14-26(41(31,51)56-39)54-35(47)37(8,48)11-2/h19-20,23-33,45,48-51H,10-18H2,1-9H3/t19-,20-,23+,24-,25+,26-,27-,28+,29+,30+,31+,32+,33+,36-,37+,38+,39+,40-,41-/m0/s1. The van der Waals surface area contributed by atoms with Gasteiger partial charge in [-0.1, -0.05) is 34.6 Å². The van der Waals surface area contributed by atoms with Crippen molar-refractivity contribution in [3.8, 4) is 0 Å². The lowest BCUT2D eigenvalue weighted by Crippen LogP contribution is -2.78. The largest absolute Gasteiger partial charge is 0.458 e. The van der Waals surface area contributed by atoms with Crippen LogP contribution < -0.4 is 0 Å².